The second-order valence-electron chi connectivity index (χ2n) is 5.94. The second-order valence-corrected chi connectivity index (χ2v) is 5.94. The molecule has 1 aliphatic rings. The largest absolute Gasteiger partial charge is 0.351 e. The van der Waals surface area contributed by atoms with Gasteiger partial charge in [0, 0.05) is 38.6 Å². The van der Waals surface area contributed by atoms with E-state index < -0.39 is 0 Å². The fourth-order valence-electron chi connectivity index (χ4n) is 3.03. The van der Waals surface area contributed by atoms with Gasteiger partial charge in [0.15, 0.2) is 0 Å². The van der Waals surface area contributed by atoms with E-state index in [1.807, 2.05) is 31.3 Å². The number of aromatic nitrogens is 3. The van der Waals surface area contributed by atoms with E-state index in [0.29, 0.717) is 11.7 Å². The number of nitrogens with zero attached hydrogens (tertiary/aromatic N) is 5. The number of pyridine rings is 1. The van der Waals surface area contributed by atoms with Crippen LogP contribution in [0.2, 0.25) is 0 Å². The Kier molecular flexibility index (Phi) is 3.79. The van der Waals surface area contributed by atoms with Crippen molar-refractivity contribution in [1.29, 1.82) is 0 Å². The summed E-state index contributed by atoms with van der Waals surface area (Å²) < 4.78 is 1.80. The molecule has 0 aliphatic carbocycles. The Hall–Kier alpha value is -2.44. The number of hydrogen-bond donors (Lipinski definition) is 0. The minimum absolute atomic E-state index is 0.0991. The molecular weight excluding hydrogens is 282 g/mol. The molecule has 7 nitrogen and oxygen atoms in total. The third-order valence-electron chi connectivity index (χ3n) is 4.05. The van der Waals surface area contributed by atoms with Crippen LogP contribution in [0.3, 0.4) is 0 Å². The summed E-state index contributed by atoms with van der Waals surface area (Å²) in [5.41, 5.74) is 2.12. The molecule has 0 saturated carbocycles. The van der Waals surface area contributed by atoms with Gasteiger partial charge in [0.2, 0.25) is 5.82 Å². The van der Waals surface area contributed by atoms with Gasteiger partial charge in [-0.25, -0.2) is 4.98 Å². The Balaban J connectivity index is 1.74. The Morgan fingerprint density at radius 3 is 2.95 bits per heavy atom. The van der Waals surface area contributed by atoms with E-state index in [1.165, 1.54) is 5.56 Å². The molecule has 0 N–H and O–H groups in total. The Morgan fingerprint density at radius 2 is 2.27 bits per heavy atom. The minimum Gasteiger partial charge on any atom is -0.351 e. The van der Waals surface area contributed by atoms with E-state index in [0.717, 1.165) is 31.5 Å². The van der Waals surface area contributed by atoms with Crippen molar-refractivity contribution in [2.75, 3.05) is 18.0 Å². The fraction of sp³-hybridized carbons (Fsp3) is 0.467. The number of nitro groups is 1. The maximum Gasteiger partial charge on any atom is 0.311 e. The lowest BCUT2D eigenvalue weighted by Crippen LogP contribution is -2.22. The summed E-state index contributed by atoms with van der Waals surface area (Å²) >= 11 is 0. The van der Waals surface area contributed by atoms with Crippen LogP contribution in [-0.2, 0) is 13.5 Å². The van der Waals surface area contributed by atoms with Gasteiger partial charge in [-0.05, 0) is 36.8 Å². The topological polar surface area (TPSA) is 77.1 Å². The summed E-state index contributed by atoms with van der Waals surface area (Å²) in [7, 11) is 1.91. The van der Waals surface area contributed by atoms with Crippen molar-refractivity contribution in [2.45, 2.75) is 19.8 Å². The lowest BCUT2D eigenvalue weighted by atomic mass is 10.0. The van der Waals surface area contributed by atoms with Crippen LogP contribution in [-0.4, -0.2) is 32.8 Å². The second kappa shape index (κ2) is 5.75. The van der Waals surface area contributed by atoms with Gasteiger partial charge in [-0.1, -0.05) is 0 Å². The average Bonchev–Trinajstić information content (AvgIpc) is 3.08. The van der Waals surface area contributed by atoms with E-state index in [1.54, 1.807) is 16.9 Å². The molecule has 22 heavy (non-hydrogen) atoms. The van der Waals surface area contributed by atoms with E-state index in [-0.39, 0.29) is 10.6 Å². The molecule has 2 aromatic rings. The average molecular weight is 301 g/mol. The predicted molar refractivity (Wildman–Crippen MR) is 82.9 cm³/mol. The first-order chi connectivity index (χ1) is 10.5. The third-order valence-corrected chi connectivity index (χ3v) is 4.05. The van der Waals surface area contributed by atoms with Crippen molar-refractivity contribution in [3.05, 3.63) is 45.9 Å². The number of anilines is 1. The molecule has 1 aliphatic heterocycles. The Bertz CT molecular complexity index is 697. The normalized spacial score (nSPS) is 17.9. The molecule has 1 saturated heterocycles. The van der Waals surface area contributed by atoms with Crippen LogP contribution >= 0.6 is 0 Å². The molecular formula is C15H19N5O2. The zero-order valence-corrected chi connectivity index (χ0v) is 12.8. The summed E-state index contributed by atoms with van der Waals surface area (Å²) in [4.78, 5) is 17.2. The first-order valence-corrected chi connectivity index (χ1v) is 7.36. The first-order valence-electron chi connectivity index (χ1n) is 7.36. The number of hydrogen-bond acceptors (Lipinski definition) is 5. The highest BCUT2D eigenvalue weighted by Crippen LogP contribution is 2.31. The minimum atomic E-state index is -0.343. The van der Waals surface area contributed by atoms with E-state index >= 15 is 0 Å². The van der Waals surface area contributed by atoms with Gasteiger partial charge in [0.05, 0.1) is 11.1 Å². The quantitative estimate of drug-likeness (QED) is 0.638. The highest BCUT2D eigenvalue weighted by molar-refractivity contribution is 5.59. The van der Waals surface area contributed by atoms with Crippen LogP contribution in [0.25, 0.3) is 0 Å². The van der Waals surface area contributed by atoms with Crippen LogP contribution in [0.1, 0.15) is 17.5 Å². The van der Waals surface area contributed by atoms with E-state index in [9.17, 15) is 10.1 Å². The molecule has 2 aromatic heterocycles. The lowest BCUT2D eigenvalue weighted by molar-refractivity contribution is -0.384. The van der Waals surface area contributed by atoms with Crippen LogP contribution in [0.15, 0.2) is 24.7 Å². The van der Waals surface area contributed by atoms with Crippen LogP contribution in [0.5, 0.6) is 0 Å². The zero-order chi connectivity index (χ0) is 15.7. The number of rotatable bonds is 4. The standard InChI is InChI=1S/C15H19N5O2/c1-11-5-14(20(21)22)15(16-7-11)19-4-3-12(10-19)6-13-8-17-18(2)9-13/h5,7-9,12H,3-4,6,10H2,1-2H3. The molecule has 1 atom stereocenters. The maximum atomic E-state index is 11.2. The lowest BCUT2D eigenvalue weighted by Gasteiger charge is -2.17. The fourth-order valence-corrected chi connectivity index (χ4v) is 3.03. The summed E-state index contributed by atoms with van der Waals surface area (Å²) in [6.07, 6.45) is 7.56. The van der Waals surface area contributed by atoms with Gasteiger partial charge >= 0.3 is 5.69 Å². The molecule has 0 amide bonds. The maximum absolute atomic E-state index is 11.2. The molecule has 0 spiro atoms. The van der Waals surface area contributed by atoms with Crippen molar-refractivity contribution in [1.82, 2.24) is 14.8 Å². The smallest absolute Gasteiger partial charge is 0.311 e. The van der Waals surface area contributed by atoms with Crippen molar-refractivity contribution in [3.8, 4) is 0 Å². The van der Waals surface area contributed by atoms with Gasteiger partial charge in [0.1, 0.15) is 0 Å². The molecule has 0 radical (unpaired) electrons. The van der Waals surface area contributed by atoms with Crippen molar-refractivity contribution < 1.29 is 4.92 Å². The highest BCUT2D eigenvalue weighted by Gasteiger charge is 2.29. The SMILES string of the molecule is Cc1cnc(N2CCC(Cc3cnn(C)c3)C2)c([N+](=O)[O-])c1. The van der Waals surface area contributed by atoms with Crippen molar-refractivity contribution >= 4 is 11.5 Å². The van der Waals surface area contributed by atoms with Crippen LogP contribution in [0.4, 0.5) is 11.5 Å². The van der Waals surface area contributed by atoms with Crippen molar-refractivity contribution in [3.63, 3.8) is 0 Å². The van der Waals surface area contributed by atoms with Gasteiger partial charge in [0.25, 0.3) is 0 Å². The highest BCUT2D eigenvalue weighted by atomic mass is 16.6. The molecule has 3 rings (SSSR count). The molecule has 7 heteroatoms. The molecule has 0 bridgehead atoms. The summed E-state index contributed by atoms with van der Waals surface area (Å²) in [6.45, 7) is 3.42. The molecule has 116 valence electrons. The summed E-state index contributed by atoms with van der Waals surface area (Å²) in [5, 5.41) is 15.4. The van der Waals surface area contributed by atoms with Gasteiger partial charge in [-0.15, -0.1) is 0 Å². The molecule has 0 aromatic carbocycles. The molecule has 3 heterocycles. The van der Waals surface area contributed by atoms with Crippen molar-refractivity contribution in [2.24, 2.45) is 13.0 Å². The summed E-state index contributed by atoms with van der Waals surface area (Å²) in [6, 6.07) is 1.59. The Labute approximate surface area is 128 Å². The zero-order valence-electron chi connectivity index (χ0n) is 12.8. The third kappa shape index (κ3) is 2.93. The van der Waals surface area contributed by atoms with Gasteiger partial charge in [-0.3, -0.25) is 14.8 Å². The van der Waals surface area contributed by atoms with Gasteiger partial charge < -0.3 is 4.90 Å². The number of aryl methyl sites for hydroxylation is 2. The van der Waals surface area contributed by atoms with E-state index in [4.69, 9.17) is 0 Å². The Morgan fingerprint density at radius 1 is 1.45 bits per heavy atom. The summed E-state index contributed by atoms with van der Waals surface area (Å²) in [5.74, 6) is 0.969. The molecule has 1 fully saturated rings. The van der Waals surface area contributed by atoms with Gasteiger partial charge in [-0.2, -0.15) is 5.10 Å². The first kappa shape index (κ1) is 14.5. The van der Waals surface area contributed by atoms with E-state index in [2.05, 4.69) is 10.1 Å². The predicted octanol–water partition coefficient (Wildman–Crippen LogP) is 2.10. The van der Waals surface area contributed by atoms with Crippen LogP contribution in [0, 0.1) is 23.0 Å². The monoisotopic (exact) mass is 301 g/mol. The molecule has 1 unspecified atom stereocenters. The van der Waals surface area contributed by atoms with Crippen LogP contribution < -0.4 is 4.90 Å².